The quantitative estimate of drug-likeness (QED) is 0.459. The molecule has 0 bridgehead atoms. The van der Waals surface area contributed by atoms with Gasteiger partial charge in [-0.05, 0) is 62.4 Å². The fraction of sp³-hybridized carbons (Fsp3) is 0.105. The molecular weight excluding hydrogens is 430 g/mol. The number of halogens is 1. The van der Waals surface area contributed by atoms with Crippen molar-refractivity contribution >= 4 is 44.9 Å². The van der Waals surface area contributed by atoms with Crippen LogP contribution in [0.4, 0.5) is 5.69 Å². The highest BCUT2D eigenvalue weighted by Gasteiger charge is 2.15. The first-order chi connectivity index (χ1) is 13.8. The fourth-order valence-electron chi connectivity index (χ4n) is 2.65. The molecule has 0 atom stereocenters. The molecule has 0 saturated carbocycles. The minimum atomic E-state index is -3.68. The van der Waals surface area contributed by atoms with Gasteiger partial charge in [0.25, 0.3) is 15.8 Å². The van der Waals surface area contributed by atoms with Crippen molar-refractivity contribution in [3.8, 4) is 0 Å². The lowest BCUT2D eigenvalue weighted by molar-refractivity contribution is 0.601. The van der Waals surface area contributed by atoms with Crippen LogP contribution in [0.25, 0.3) is 5.78 Å². The molecule has 2 heterocycles. The average Bonchev–Trinajstić information content (AvgIpc) is 3.15. The normalized spacial score (nSPS) is 11.7. The molecule has 0 saturated heterocycles. The topological polar surface area (TPSA) is 89.2 Å². The molecule has 0 amide bonds. The summed E-state index contributed by atoms with van der Waals surface area (Å²) >= 11 is 7.34. The van der Waals surface area contributed by atoms with E-state index in [1.807, 2.05) is 26.0 Å². The van der Waals surface area contributed by atoms with Crippen molar-refractivity contribution < 1.29 is 8.42 Å². The predicted octanol–water partition coefficient (Wildman–Crippen LogP) is 4.35. The van der Waals surface area contributed by atoms with Crippen LogP contribution in [0.5, 0.6) is 0 Å². The van der Waals surface area contributed by atoms with Crippen LogP contribution >= 0.6 is 23.4 Å². The Hall–Kier alpha value is -2.62. The Morgan fingerprint density at radius 3 is 2.41 bits per heavy atom. The van der Waals surface area contributed by atoms with Gasteiger partial charge < -0.3 is 0 Å². The van der Waals surface area contributed by atoms with Gasteiger partial charge in [0.05, 0.1) is 4.90 Å². The number of hydrogen-bond acceptors (Lipinski definition) is 6. The molecule has 148 valence electrons. The van der Waals surface area contributed by atoms with Crippen LogP contribution in [0.3, 0.4) is 0 Å². The van der Waals surface area contributed by atoms with E-state index in [1.165, 1.54) is 30.2 Å². The average molecular weight is 446 g/mol. The first kappa shape index (κ1) is 19.7. The SMILES string of the molecule is Cc1nc2ncnn2c(Sc2ccc(NS(=O)(=O)c3ccc(Cl)cc3)cc2)c1C. The molecule has 2 aromatic heterocycles. The van der Waals surface area contributed by atoms with E-state index in [1.54, 1.807) is 28.8 Å². The zero-order valence-corrected chi connectivity index (χ0v) is 17.9. The van der Waals surface area contributed by atoms with E-state index in [0.29, 0.717) is 16.5 Å². The Balaban J connectivity index is 1.57. The number of fused-ring (bicyclic) bond motifs is 1. The molecule has 2 aromatic carbocycles. The summed E-state index contributed by atoms with van der Waals surface area (Å²) in [6, 6.07) is 13.2. The zero-order valence-electron chi connectivity index (χ0n) is 15.5. The number of sulfonamides is 1. The Kier molecular flexibility index (Phi) is 5.20. The maximum atomic E-state index is 12.5. The molecule has 29 heavy (non-hydrogen) atoms. The second-order valence-corrected chi connectivity index (χ2v) is 9.47. The predicted molar refractivity (Wildman–Crippen MR) is 113 cm³/mol. The van der Waals surface area contributed by atoms with Crippen molar-refractivity contribution in [3.05, 3.63) is 71.1 Å². The smallest absolute Gasteiger partial charge is 0.261 e. The Morgan fingerprint density at radius 1 is 1.03 bits per heavy atom. The highest BCUT2D eigenvalue weighted by atomic mass is 35.5. The number of benzene rings is 2. The van der Waals surface area contributed by atoms with Crippen molar-refractivity contribution in [2.24, 2.45) is 0 Å². The lowest BCUT2D eigenvalue weighted by atomic mass is 10.3. The van der Waals surface area contributed by atoms with Crippen LogP contribution < -0.4 is 4.72 Å². The minimum Gasteiger partial charge on any atom is -0.280 e. The summed E-state index contributed by atoms with van der Waals surface area (Å²) in [5, 5.41) is 5.64. The molecule has 0 aliphatic heterocycles. The Labute approximate surface area is 177 Å². The van der Waals surface area contributed by atoms with E-state index < -0.39 is 10.0 Å². The summed E-state index contributed by atoms with van der Waals surface area (Å²) in [5.74, 6) is 0.544. The second-order valence-electron chi connectivity index (χ2n) is 6.29. The van der Waals surface area contributed by atoms with Crippen molar-refractivity contribution in [1.29, 1.82) is 0 Å². The Morgan fingerprint density at radius 2 is 1.72 bits per heavy atom. The molecule has 0 radical (unpaired) electrons. The van der Waals surface area contributed by atoms with Crippen molar-refractivity contribution in [2.45, 2.75) is 28.7 Å². The monoisotopic (exact) mass is 445 g/mol. The minimum absolute atomic E-state index is 0.150. The number of nitrogens with zero attached hydrogens (tertiary/aromatic N) is 4. The van der Waals surface area contributed by atoms with Crippen LogP contribution in [0.2, 0.25) is 5.02 Å². The van der Waals surface area contributed by atoms with Crippen LogP contribution in [0, 0.1) is 13.8 Å². The van der Waals surface area contributed by atoms with Gasteiger partial charge in [-0.3, -0.25) is 4.72 Å². The third-order valence-electron chi connectivity index (χ3n) is 4.30. The number of anilines is 1. The molecule has 0 aliphatic carbocycles. The third-order valence-corrected chi connectivity index (χ3v) is 7.13. The molecule has 4 rings (SSSR count). The number of nitrogens with one attached hydrogen (secondary N) is 1. The highest BCUT2D eigenvalue weighted by molar-refractivity contribution is 7.99. The highest BCUT2D eigenvalue weighted by Crippen LogP contribution is 2.32. The van der Waals surface area contributed by atoms with Gasteiger partial charge in [-0.15, -0.1) is 0 Å². The van der Waals surface area contributed by atoms with E-state index >= 15 is 0 Å². The van der Waals surface area contributed by atoms with Gasteiger partial charge in [0.15, 0.2) is 0 Å². The van der Waals surface area contributed by atoms with Gasteiger partial charge in [0.2, 0.25) is 0 Å². The summed E-state index contributed by atoms with van der Waals surface area (Å²) in [6.45, 7) is 3.92. The van der Waals surface area contributed by atoms with Gasteiger partial charge in [-0.2, -0.15) is 14.6 Å². The Bertz CT molecular complexity index is 1290. The standard InChI is InChI=1S/C19H16ClN5O2S2/c1-12-13(2)23-19-21-11-22-25(19)18(12)28-16-7-5-15(6-8-16)24-29(26,27)17-9-3-14(20)4-10-17/h3-11,24H,1-2H3. The van der Waals surface area contributed by atoms with Gasteiger partial charge in [0, 0.05) is 26.9 Å². The second kappa shape index (κ2) is 7.66. The van der Waals surface area contributed by atoms with E-state index in [2.05, 4.69) is 19.8 Å². The fourth-order valence-corrected chi connectivity index (χ4v) is 4.85. The molecule has 0 fully saturated rings. The van der Waals surface area contributed by atoms with Gasteiger partial charge in [-0.1, -0.05) is 23.4 Å². The number of aromatic nitrogens is 4. The van der Waals surface area contributed by atoms with E-state index in [4.69, 9.17) is 11.6 Å². The van der Waals surface area contributed by atoms with Crippen molar-refractivity contribution in [2.75, 3.05) is 4.72 Å². The van der Waals surface area contributed by atoms with E-state index in [-0.39, 0.29) is 4.90 Å². The van der Waals surface area contributed by atoms with Gasteiger partial charge in [0.1, 0.15) is 11.4 Å². The van der Waals surface area contributed by atoms with Crippen LogP contribution in [-0.4, -0.2) is 28.0 Å². The van der Waals surface area contributed by atoms with Gasteiger partial charge >= 0.3 is 0 Å². The molecule has 1 N–H and O–H groups in total. The van der Waals surface area contributed by atoms with E-state index in [9.17, 15) is 8.42 Å². The van der Waals surface area contributed by atoms with Crippen LogP contribution in [0.1, 0.15) is 11.3 Å². The number of aryl methyl sites for hydroxylation is 1. The lowest BCUT2D eigenvalue weighted by Gasteiger charge is -2.11. The summed E-state index contributed by atoms with van der Waals surface area (Å²) in [7, 11) is -3.68. The van der Waals surface area contributed by atoms with Crippen LogP contribution in [-0.2, 0) is 10.0 Å². The molecule has 4 aromatic rings. The largest absolute Gasteiger partial charge is 0.280 e. The molecular formula is C19H16ClN5O2S2. The third kappa shape index (κ3) is 4.07. The van der Waals surface area contributed by atoms with E-state index in [0.717, 1.165) is 21.2 Å². The summed E-state index contributed by atoms with van der Waals surface area (Å²) < 4.78 is 29.3. The lowest BCUT2D eigenvalue weighted by Crippen LogP contribution is -2.12. The number of rotatable bonds is 5. The van der Waals surface area contributed by atoms with Crippen molar-refractivity contribution in [1.82, 2.24) is 19.6 Å². The maximum Gasteiger partial charge on any atom is 0.261 e. The molecule has 7 nitrogen and oxygen atoms in total. The first-order valence-electron chi connectivity index (χ1n) is 8.57. The molecule has 0 spiro atoms. The molecule has 10 heteroatoms. The van der Waals surface area contributed by atoms with Gasteiger partial charge in [-0.25, -0.2) is 13.4 Å². The maximum absolute atomic E-state index is 12.5. The first-order valence-corrected chi connectivity index (χ1v) is 11.2. The summed E-state index contributed by atoms with van der Waals surface area (Å²) in [5.41, 5.74) is 2.37. The molecule has 0 aliphatic rings. The van der Waals surface area contributed by atoms with Crippen molar-refractivity contribution in [3.63, 3.8) is 0 Å². The zero-order chi connectivity index (χ0) is 20.6. The summed E-state index contributed by atoms with van der Waals surface area (Å²) in [6.07, 6.45) is 1.47. The molecule has 0 unspecified atom stereocenters. The number of hydrogen-bond donors (Lipinski definition) is 1. The summed E-state index contributed by atoms with van der Waals surface area (Å²) in [4.78, 5) is 9.66. The van der Waals surface area contributed by atoms with Crippen LogP contribution in [0.15, 0.2) is 69.7 Å².